The first kappa shape index (κ1) is 33.6. The van der Waals surface area contributed by atoms with E-state index in [2.05, 4.69) is 18.8 Å². The highest BCUT2D eigenvalue weighted by Gasteiger charge is 2.36. The summed E-state index contributed by atoms with van der Waals surface area (Å²) in [5, 5.41) is 23.7. The summed E-state index contributed by atoms with van der Waals surface area (Å²) in [6.45, 7) is 10.8. The zero-order chi connectivity index (χ0) is 28.8. The van der Waals surface area contributed by atoms with Crippen molar-refractivity contribution in [1.82, 2.24) is 5.32 Å². The van der Waals surface area contributed by atoms with Gasteiger partial charge in [0, 0.05) is 26.2 Å². The molecule has 2 aliphatic heterocycles. The lowest BCUT2D eigenvalue weighted by molar-refractivity contribution is -0.258. The Kier molecular flexibility index (Phi) is 15.5. The number of ether oxygens (including phenoxy) is 5. The minimum atomic E-state index is -0.697. The predicted octanol–water partition coefficient (Wildman–Crippen LogP) is 3.51. The molecule has 2 saturated heterocycles. The number of carbonyl (C=O) groups excluding carboxylic acids is 2. The zero-order valence-electron chi connectivity index (χ0n) is 24.2. The number of esters is 1. The number of carbonyl (C=O) groups is 2. The minimum absolute atomic E-state index is 0.114. The zero-order valence-corrected chi connectivity index (χ0v) is 24.2. The first-order valence-corrected chi connectivity index (χ1v) is 14.7. The Hall–Kier alpha value is -1.56. The maximum Gasteiger partial charge on any atom is 0.302 e. The summed E-state index contributed by atoms with van der Waals surface area (Å²) in [6, 6.07) is 0. The Morgan fingerprint density at radius 1 is 0.949 bits per heavy atom. The largest absolute Gasteiger partial charge is 0.462 e. The van der Waals surface area contributed by atoms with E-state index in [0.29, 0.717) is 44.9 Å². The first-order valence-electron chi connectivity index (χ1n) is 14.7. The van der Waals surface area contributed by atoms with Crippen LogP contribution in [0.5, 0.6) is 0 Å². The third kappa shape index (κ3) is 13.6. The maximum atomic E-state index is 11.7. The van der Waals surface area contributed by atoms with Crippen LogP contribution in [-0.2, 0) is 33.3 Å². The van der Waals surface area contributed by atoms with Crippen molar-refractivity contribution >= 4 is 11.9 Å². The maximum absolute atomic E-state index is 11.7. The topological polar surface area (TPSA) is 133 Å². The van der Waals surface area contributed by atoms with Crippen molar-refractivity contribution in [2.24, 2.45) is 0 Å². The van der Waals surface area contributed by atoms with Crippen molar-refractivity contribution in [3.63, 3.8) is 0 Å². The monoisotopic (exact) mass is 557 g/mol. The highest BCUT2D eigenvalue weighted by Crippen LogP contribution is 2.30. The second-order valence-corrected chi connectivity index (χ2v) is 10.9. The van der Waals surface area contributed by atoms with Crippen LogP contribution < -0.4 is 5.32 Å². The van der Waals surface area contributed by atoms with Crippen LogP contribution in [0.15, 0.2) is 12.7 Å². The Bertz CT molecular complexity index is 734. The van der Waals surface area contributed by atoms with Gasteiger partial charge in [0.05, 0.1) is 43.2 Å². The number of unbranched alkanes of at least 4 members (excludes halogenated alkanes) is 2. The van der Waals surface area contributed by atoms with E-state index in [9.17, 15) is 19.8 Å². The van der Waals surface area contributed by atoms with Crippen molar-refractivity contribution in [2.45, 2.75) is 154 Å². The molecule has 10 nitrogen and oxygen atoms in total. The molecule has 3 N–H and O–H groups in total. The van der Waals surface area contributed by atoms with Crippen molar-refractivity contribution < 1.29 is 43.5 Å². The summed E-state index contributed by atoms with van der Waals surface area (Å²) in [5.41, 5.74) is 0. The molecule has 1 amide bonds. The van der Waals surface area contributed by atoms with Gasteiger partial charge in [-0.15, -0.1) is 0 Å². The molecule has 0 aromatic carbocycles. The number of aliphatic hydroxyl groups excluding tert-OH is 2. The smallest absolute Gasteiger partial charge is 0.302 e. The van der Waals surface area contributed by atoms with E-state index >= 15 is 0 Å². The van der Waals surface area contributed by atoms with E-state index in [1.165, 1.54) is 13.0 Å². The molecule has 0 aromatic rings. The molecule has 0 aliphatic carbocycles. The van der Waals surface area contributed by atoms with Gasteiger partial charge in [-0.05, 0) is 51.5 Å². The number of hydrogen-bond acceptors (Lipinski definition) is 9. The van der Waals surface area contributed by atoms with E-state index in [4.69, 9.17) is 23.7 Å². The molecule has 0 radical (unpaired) electrons. The molecule has 0 saturated carbocycles. The van der Waals surface area contributed by atoms with E-state index < -0.39 is 18.5 Å². The summed E-state index contributed by atoms with van der Waals surface area (Å²) >= 11 is 0. The molecule has 39 heavy (non-hydrogen) atoms. The summed E-state index contributed by atoms with van der Waals surface area (Å²) < 4.78 is 29.8. The highest BCUT2D eigenvalue weighted by molar-refractivity contribution is 5.86. The third-order valence-corrected chi connectivity index (χ3v) is 7.09. The Morgan fingerprint density at radius 3 is 2.03 bits per heavy atom. The Labute approximate surface area is 233 Å². The number of rotatable bonds is 17. The Morgan fingerprint density at radius 2 is 1.51 bits per heavy atom. The van der Waals surface area contributed by atoms with Gasteiger partial charge in [0.15, 0.2) is 12.6 Å². The van der Waals surface area contributed by atoms with Crippen LogP contribution in [-0.4, -0.2) is 83.9 Å². The van der Waals surface area contributed by atoms with Crippen molar-refractivity contribution in [3.05, 3.63) is 12.7 Å². The van der Waals surface area contributed by atoms with Crippen LogP contribution in [0.25, 0.3) is 0 Å². The van der Waals surface area contributed by atoms with Crippen molar-refractivity contribution in [2.75, 3.05) is 6.54 Å². The molecule has 0 spiro atoms. The van der Waals surface area contributed by atoms with Crippen LogP contribution in [0, 0.1) is 0 Å². The summed E-state index contributed by atoms with van der Waals surface area (Å²) in [4.78, 5) is 23.2. The quantitative estimate of drug-likeness (QED) is 0.140. The fourth-order valence-corrected chi connectivity index (χ4v) is 5.30. The molecule has 9 unspecified atom stereocenters. The van der Waals surface area contributed by atoms with Gasteiger partial charge in [0.1, 0.15) is 6.10 Å². The second kappa shape index (κ2) is 18.0. The van der Waals surface area contributed by atoms with Gasteiger partial charge in [0.25, 0.3) is 0 Å². The van der Waals surface area contributed by atoms with Gasteiger partial charge >= 0.3 is 5.97 Å². The normalized spacial score (nSPS) is 29.7. The van der Waals surface area contributed by atoms with E-state index in [1.807, 2.05) is 6.92 Å². The van der Waals surface area contributed by atoms with Crippen LogP contribution in [0.1, 0.15) is 98.3 Å². The lowest BCUT2D eigenvalue weighted by atomic mass is 9.94. The molecule has 2 heterocycles. The Balaban J connectivity index is 1.99. The van der Waals surface area contributed by atoms with E-state index in [-0.39, 0.29) is 55.2 Å². The minimum Gasteiger partial charge on any atom is -0.462 e. The van der Waals surface area contributed by atoms with E-state index in [1.54, 1.807) is 6.92 Å². The molecule has 0 aromatic heterocycles. The molecule has 2 rings (SSSR count). The van der Waals surface area contributed by atoms with Gasteiger partial charge in [-0.1, -0.05) is 33.3 Å². The number of nitrogens with one attached hydrogen (secondary N) is 1. The fourth-order valence-electron chi connectivity index (χ4n) is 5.30. The third-order valence-electron chi connectivity index (χ3n) is 7.09. The summed E-state index contributed by atoms with van der Waals surface area (Å²) in [5.74, 6) is -0.668. The number of hydrogen-bond donors (Lipinski definition) is 3. The molecule has 9 atom stereocenters. The summed E-state index contributed by atoms with van der Waals surface area (Å²) in [6.07, 6.45) is 5.48. The average Bonchev–Trinajstić information content (AvgIpc) is 2.86. The van der Waals surface area contributed by atoms with Gasteiger partial charge in [-0.3, -0.25) is 9.59 Å². The molecular formula is C29H51NO9. The lowest BCUT2D eigenvalue weighted by Crippen LogP contribution is -2.46. The van der Waals surface area contributed by atoms with Crippen LogP contribution in [0.2, 0.25) is 0 Å². The highest BCUT2D eigenvalue weighted by atomic mass is 16.7. The van der Waals surface area contributed by atoms with Crippen molar-refractivity contribution in [1.29, 1.82) is 0 Å². The number of aliphatic hydroxyl groups is 2. The van der Waals surface area contributed by atoms with Gasteiger partial charge in [-0.2, -0.15) is 0 Å². The lowest BCUT2D eigenvalue weighted by Gasteiger charge is -2.39. The van der Waals surface area contributed by atoms with E-state index in [0.717, 1.165) is 25.7 Å². The predicted molar refractivity (Wildman–Crippen MR) is 146 cm³/mol. The fraction of sp³-hybridized carbons (Fsp3) is 0.862. The molecule has 2 aliphatic rings. The second-order valence-electron chi connectivity index (χ2n) is 10.9. The van der Waals surface area contributed by atoms with Crippen LogP contribution in [0.3, 0.4) is 0 Å². The van der Waals surface area contributed by atoms with Gasteiger partial charge in [-0.25, -0.2) is 0 Å². The average molecular weight is 558 g/mol. The SMILES string of the molecule is C=CC(=O)NCC1OC(CC(O)CC2CC(CC(C)O)OC(CCCCC)O2)CC(CC(CC)OC(C)=O)O1. The molecule has 0 bridgehead atoms. The molecule has 2 fully saturated rings. The van der Waals surface area contributed by atoms with Gasteiger partial charge < -0.3 is 39.2 Å². The molecule has 226 valence electrons. The van der Waals surface area contributed by atoms with Crippen molar-refractivity contribution in [3.8, 4) is 0 Å². The molecular weight excluding hydrogens is 506 g/mol. The van der Waals surface area contributed by atoms with Gasteiger partial charge in [0.2, 0.25) is 5.91 Å². The van der Waals surface area contributed by atoms with Crippen LogP contribution in [0.4, 0.5) is 0 Å². The standard InChI is InChI=1S/C29H51NO9/c1-6-9-10-11-28-36-23(12-19(4)31)16-24(37-28)13-21(33)14-25-17-26(15-22(7-2)35-20(5)32)39-29(38-25)18-30-27(34)8-3/h8,19,21-26,28-29,31,33H,3,6-7,9-18H2,1-2,4-5H3,(H,30,34). The van der Waals surface area contributed by atoms with Crippen LogP contribution >= 0.6 is 0 Å². The summed E-state index contributed by atoms with van der Waals surface area (Å²) in [7, 11) is 0. The molecule has 10 heteroatoms. The first-order chi connectivity index (χ1) is 18.6. The number of amides is 1.